The maximum atomic E-state index is 13.2. The molecule has 0 aromatic rings. The fourth-order valence-corrected chi connectivity index (χ4v) is 8.01. The number of aliphatic hydroxyl groups is 1. The standard InChI is InChI=1S/C28H38O13/c1-11-16(33)9-18(36-13(3)30)26(7)19(11)21(38-15(5)32)28-23(39-24(34)27(28,8)41-28)22-25(6,40-22)10-17(35-12(2)29)20(26)37-14(4)31/h11,16-23,33H,9-10H2,1-8H3/t11-,16-,17-,18-,19+,20-,21-,22-,23-,25+,26-,27?,28+/m0/s1. The van der Waals surface area contributed by atoms with Gasteiger partial charge in [-0.3, -0.25) is 19.2 Å². The van der Waals surface area contributed by atoms with E-state index in [-0.39, 0.29) is 12.8 Å². The molecular weight excluding hydrogens is 544 g/mol. The highest BCUT2D eigenvalue weighted by Crippen LogP contribution is 2.69. The highest BCUT2D eigenvalue weighted by molar-refractivity contribution is 5.89. The van der Waals surface area contributed by atoms with E-state index in [9.17, 15) is 29.1 Å². The van der Waals surface area contributed by atoms with E-state index in [1.54, 1.807) is 27.7 Å². The van der Waals surface area contributed by atoms with Crippen LogP contribution in [-0.2, 0) is 57.1 Å². The summed E-state index contributed by atoms with van der Waals surface area (Å²) < 4.78 is 41.7. The van der Waals surface area contributed by atoms with Crippen molar-refractivity contribution in [1.29, 1.82) is 0 Å². The summed E-state index contributed by atoms with van der Waals surface area (Å²) in [6, 6.07) is 0. The van der Waals surface area contributed by atoms with Gasteiger partial charge in [0, 0.05) is 46.5 Å². The van der Waals surface area contributed by atoms with Gasteiger partial charge in [0.05, 0.1) is 17.1 Å². The molecule has 0 aromatic carbocycles. The van der Waals surface area contributed by atoms with Crippen LogP contribution in [0.4, 0.5) is 0 Å². The summed E-state index contributed by atoms with van der Waals surface area (Å²) in [6.45, 7) is 11.5. The molecule has 1 N–H and O–H groups in total. The van der Waals surface area contributed by atoms with Crippen molar-refractivity contribution in [2.75, 3.05) is 0 Å². The quantitative estimate of drug-likeness (QED) is 0.279. The fraction of sp³-hybridized carbons (Fsp3) is 0.821. The molecule has 0 amide bonds. The van der Waals surface area contributed by atoms with Crippen LogP contribution in [0.1, 0.15) is 68.2 Å². The number of epoxide rings is 2. The van der Waals surface area contributed by atoms with E-state index in [2.05, 4.69) is 0 Å². The maximum absolute atomic E-state index is 13.2. The molecule has 0 aromatic heterocycles. The van der Waals surface area contributed by atoms with Gasteiger partial charge in [0.2, 0.25) is 0 Å². The van der Waals surface area contributed by atoms with Crippen molar-refractivity contribution in [2.45, 2.75) is 128 Å². The van der Waals surface area contributed by atoms with Crippen LogP contribution in [0, 0.1) is 17.3 Å². The fourth-order valence-electron chi connectivity index (χ4n) is 8.01. The van der Waals surface area contributed by atoms with Gasteiger partial charge in [-0.25, -0.2) is 4.79 Å². The molecule has 5 fully saturated rings. The molecule has 2 saturated carbocycles. The Morgan fingerprint density at radius 2 is 1.41 bits per heavy atom. The van der Waals surface area contributed by atoms with Crippen molar-refractivity contribution in [2.24, 2.45) is 17.3 Å². The van der Waals surface area contributed by atoms with Gasteiger partial charge >= 0.3 is 29.8 Å². The molecule has 13 nitrogen and oxygen atoms in total. The zero-order valence-electron chi connectivity index (χ0n) is 24.5. The second-order valence-corrected chi connectivity index (χ2v) is 12.7. The van der Waals surface area contributed by atoms with Crippen molar-refractivity contribution in [3.05, 3.63) is 0 Å². The first kappa shape index (κ1) is 29.7. The van der Waals surface area contributed by atoms with Crippen LogP contribution in [0.25, 0.3) is 0 Å². The minimum absolute atomic E-state index is 0.0281. The van der Waals surface area contributed by atoms with Gasteiger partial charge in [-0.05, 0) is 19.8 Å². The number of ether oxygens (including phenoxy) is 7. The zero-order valence-corrected chi connectivity index (χ0v) is 24.5. The lowest BCUT2D eigenvalue weighted by Crippen LogP contribution is -2.69. The van der Waals surface area contributed by atoms with Crippen molar-refractivity contribution >= 4 is 29.8 Å². The van der Waals surface area contributed by atoms with E-state index in [4.69, 9.17) is 33.2 Å². The summed E-state index contributed by atoms with van der Waals surface area (Å²) in [5.41, 5.74) is -5.50. The minimum Gasteiger partial charge on any atom is -0.462 e. The lowest BCUT2D eigenvalue weighted by Gasteiger charge is -2.57. The SMILES string of the molecule is CC(=O)O[C@H]1C[C@@]2(C)O[C@H]2[C@@H]2OC(=O)C3(C)O[C@]23[C@@H](OC(C)=O)[C@H]2[C@@H](C)[C@@H](O)C[C@H](OC(C)=O)[C@]2(C)[C@H]1OC(C)=O. The normalized spacial score (nSPS) is 49.5. The van der Waals surface area contributed by atoms with E-state index < -0.39 is 107 Å². The summed E-state index contributed by atoms with van der Waals surface area (Å²) in [6.07, 6.45) is -7.58. The molecule has 0 radical (unpaired) electrons. The summed E-state index contributed by atoms with van der Waals surface area (Å²) >= 11 is 0. The van der Waals surface area contributed by atoms with Crippen LogP contribution in [-0.4, -0.2) is 94.5 Å². The maximum Gasteiger partial charge on any atom is 0.342 e. The molecule has 0 bridgehead atoms. The predicted molar refractivity (Wildman–Crippen MR) is 134 cm³/mol. The third kappa shape index (κ3) is 4.25. The second kappa shape index (κ2) is 9.37. The van der Waals surface area contributed by atoms with Crippen molar-refractivity contribution < 1.29 is 62.2 Å². The number of aliphatic hydroxyl groups excluding tert-OH is 1. The number of carbonyl (C=O) groups excluding carboxylic acids is 5. The topological polar surface area (TPSA) is 177 Å². The van der Waals surface area contributed by atoms with Crippen LogP contribution in [0.5, 0.6) is 0 Å². The van der Waals surface area contributed by atoms with Gasteiger partial charge in [-0.1, -0.05) is 13.8 Å². The highest BCUT2D eigenvalue weighted by atomic mass is 16.8. The first-order chi connectivity index (χ1) is 18.9. The molecule has 13 atom stereocenters. The van der Waals surface area contributed by atoms with Gasteiger partial charge in [0.15, 0.2) is 17.3 Å². The molecule has 3 saturated heterocycles. The number of fused-ring (bicyclic) bond motifs is 3. The van der Waals surface area contributed by atoms with Crippen LogP contribution in [0.3, 0.4) is 0 Å². The largest absolute Gasteiger partial charge is 0.462 e. The molecule has 5 rings (SSSR count). The average molecular weight is 583 g/mol. The summed E-state index contributed by atoms with van der Waals surface area (Å²) in [5, 5.41) is 11.3. The number of esters is 5. The van der Waals surface area contributed by atoms with E-state index in [0.29, 0.717) is 0 Å². The third-order valence-corrected chi connectivity index (χ3v) is 9.90. The van der Waals surface area contributed by atoms with E-state index >= 15 is 0 Å². The molecular formula is C28H38O13. The molecule has 3 heterocycles. The Bertz CT molecular complexity index is 1190. The summed E-state index contributed by atoms with van der Waals surface area (Å²) in [4.78, 5) is 63.4. The Kier molecular flexibility index (Phi) is 6.79. The molecule has 228 valence electrons. The predicted octanol–water partition coefficient (Wildman–Crippen LogP) is 0.751. The molecule has 41 heavy (non-hydrogen) atoms. The Hall–Kier alpha value is -2.77. The summed E-state index contributed by atoms with van der Waals surface area (Å²) in [7, 11) is 0. The van der Waals surface area contributed by atoms with Crippen LogP contribution >= 0.6 is 0 Å². The lowest BCUT2D eigenvalue weighted by atomic mass is 9.52. The number of hydrogen-bond acceptors (Lipinski definition) is 13. The molecule has 5 aliphatic rings. The third-order valence-electron chi connectivity index (χ3n) is 9.90. The summed E-state index contributed by atoms with van der Waals surface area (Å²) in [5.74, 6) is -5.03. The average Bonchev–Trinajstić information content (AvgIpc) is 3.67. The number of carbonyl (C=O) groups is 5. The molecule has 1 spiro atoms. The van der Waals surface area contributed by atoms with E-state index in [1.165, 1.54) is 27.7 Å². The Labute approximate surface area is 237 Å². The first-order valence-electron chi connectivity index (χ1n) is 13.9. The van der Waals surface area contributed by atoms with Crippen molar-refractivity contribution in [3.8, 4) is 0 Å². The Balaban J connectivity index is 1.80. The number of rotatable bonds is 4. The first-order valence-corrected chi connectivity index (χ1v) is 13.9. The molecule has 1 unspecified atom stereocenters. The Morgan fingerprint density at radius 3 is 1.95 bits per heavy atom. The Morgan fingerprint density at radius 1 is 0.854 bits per heavy atom. The van der Waals surface area contributed by atoms with E-state index in [1.807, 2.05) is 0 Å². The van der Waals surface area contributed by atoms with Gasteiger partial charge < -0.3 is 38.3 Å². The van der Waals surface area contributed by atoms with Crippen LogP contribution in [0.2, 0.25) is 0 Å². The lowest BCUT2D eigenvalue weighted by molar-refractivity contribution is -0.247. The molecule has 2 aliphatic carbocycles. The minimum atomic E-state index is -1.52. The van der Waals surface area contributed by atoms with Gasteiger partial charge in [-0.15, -0.1) is 0 Å². The highest BCUT2D eigenvalue weighted by Gasteiger charge is 2.91. The monoisotopic (exact) mass is 582 g/mol. The molecule has 13 heteroatoms. The van der Waals surface area contributed by atoms with Gasteiger partial charge in [0.1, 0.15) is 30.5 Å². The number of hydrogen-bond donors (Lipinski definition) is 1. The van der Waals surface area contributed by atoms with Crippen LogP contribution < -0.4 is 0 Å². The van der Waals surface area contributed by atoms with Crippen molar-refractivity contribution in [3.63, 3.8) is 0 Å². The van der Waals surface area contributed by atoms with Gasteiger partial charge in [0.25, 0.3) is 0 Å². The molecule has 3 aliphatic heterocycles. The van der Waals surface area contributed by atoms with Crippen molar-refractivity contribution in [1.82, 2.24) is 0 Å². The smallest absolute Gasteiger partial charge is 0.342 e. The van der Waals surface area contributed by atoms with Crippen LogP contribution in [0.15, 0.2) is 0 Å². The zero-order chi connectivity index (χ0) is 30.4. The van der Waals surface area contributed by atoms with Gasteiger partial charge in [-0.2, -0.15) is 0 Å². The second-order valence-electron chi connectivity index (χ2n) is 12.7. The van der Waals surface area contributed by atoms with E-state index in [0.717, 1.165) is 0 Å².